The predicted molar refractivity (Wildman–Crippen MR) is 74.2 cm³/mol. The molecule has 1 heterocycles. The molecule has 4 nitrogen and oxygen atoms in total. The van der Waals surface area contributed by atoms with Gasteiger partial charge in [-0.05, 0) is 40.2 Å². The molecule has 18 heavy (non-hydrogen) atoms. The summed E-state index contributed by atoms with van der Waals surface area (Å²) in [5.41, 5.74) is 0.455. The second-order valence-electron chi connectivity index (χ2n) is 3.51. The highest BCUT2D eigenvalue weighted by Gasteiger charge is 2.09. The van der Waals surface area contributed by atoms with Crippen molar-refractivity contribution in [2.45, 2.75) is 0 Å². The van der Waals surface area contributed by atoms with Gasteiger partial charge in [0, 0.05) is 15.6 Å². The van der Waals surface area contributed by atoms with Gasteiger partial charge < -0.3 is 10.3 Å². The number of rotatable bonds is 2. The lowest BCUT2D eigenvalue weighted by molar-refractivity contribution is 0.102. The summed E-state index contributed by atoms with van der Waals surface area (Å²) in [4.78, 5) is 25.4. The number of H-pyrrole nitrogens is 1. The Kier molecular flexibility index (Phi) is 3.84. The van der Waals surface area contributed by atoms with Gasteiger partial charge in [0.1, 0.15) is 5.69 Å². The summed E-state index contributed by atoms with van der Waals surface area (Å²) in [7, 11) is 0. The molecule has 1 aromatic carbocycles. The van der Waals surface area contributed by atoms with Crippen LogP contribution in [0.25, 0.3) is 0 Å². The average Bonchev–Trinajstić information content (AvgIpc) is 2.32. The molecular formula is C12H8BrClN2O2. The largest absolute Gasteiger partial charge is 0.320 e. The van der Waals surface area contributed by atoms with Gasteiger partial charge in [0.05, 0.1) is 5.69 Å². The van der Waals surface area contributed by atoms with Crippen LogP contribution in [0.5, 0.6) is 0 Å². The van der Waals surface area contributed by atoms with Gasteiger partial charge >= 0.3 is 0 Å². The van der Waals surface area contributed by atoms with Crippen LogP contribution in [0.4, 0.5) is 5.69 Å². The quantitative estimate of drug-likeness (QED) is 0.890. The van der Waals surface area contributed by atoms with E-state index in [-0.39, 0.29) is 11.3 Å². The van der Waals surface area contributed by atoms with Crippen LogP contribution < -0.4 is 10.9 Å². The molecular weight excluding hydrogens is 320 g/mol. The first-order valence-electron chi connectivity index (χ1n) is 5.02. The number of hydrogen-bond acceptors (Lipinski definition) is 2. The first kappa shape index (κ1) is 12.9. The van der Waals surface area contributed by atoms with Crippen LogP contribution >= 0.6 is 27.5 Å². The van der Waals surface area contributed by atoms with Crippen molar-refractivity contribution in [1.29, 1.82) is 0 Å². The first-order valence-corrected chi connectivity index (χ1v) is 6.19. The number of benzene rings is 1. The molecule has 0 fully saturated rings. The van der Waals surface area contributed by atoms with Crippen molar-refractivity contribution in [3.8, 4) is 0 Å². The molecule has 0 atom stereocenters. The predicted octanol–water partition coefficient (Wildman–Crippen LogP) is 3.04. The zero-order valence-electron chi connectivity index (χ0n) is 9.04. The number of carbonyl (C=O) groups excluding carboxylic acids is 1. The van der Waals surface area contributed by atoms with E-state index >= 15 is 0 Å². The van der Waals surface area contributed by atoms with E-state index in [0.717, 1.165) is 0 Å². The molecule has 0 radical (unpaired) electrons. The zero-order chi connectivity index (χ0) is 13.1. The molecule has 0 bridgehead atoms. The van der Waals surface area contributed by atoms with Gasteiger partial charge in [-0.15, -0.1) is 0 Å². The van der Waals surface area contributed by atoms with E-state index < -0.39 is 5.91 Å². The number of aromatic nitrogens is 1. The van der Waals surface area contributed by atoms with E-state index in [0.29, 0.717) is 15.2 Å². The van der Waals surface area contributed by atoms with Crippen molar-refractivity contribution >= 4 is 39.1 Å². The Morgan fingerprint density at radius 2 is 2.06 bits per heavy atom. The normalized spacial score (nSPS) is 10.1. The van der Waals surface area contributed by atoms with Gasteiger partial charge in [-0.3, -0.25) is 9.59 Å². The van der Waals surface area contributed by atoms with Gasteiger partial charge in [-0.25, -0.2) is 0 Å². The second-order valence-corrected chi connectivity index (χ2v) is 4.80. The smallest absolute Gasteiger partial charge is 0.272 e. The maximum Gasteiger partial charge on any atom is 0.272 e. The molecule has 1 aromatic heterocycles. The van der Waals surface area contributed by atoms with Crippen LogP contribution in [-0.2, 0) is 0 Å². The second kappa shape index (κ2) is 5.37. The third-order valence-electron chi connectivity index (χ3n) is 2.19. The molecule has 0 aliphatic carbocycles. The molecule has 0 aliphatic heterocycles. The summed E-state index contributed by atoms with van der Waals surface area (Å²) >= 11 is 9.09. The molecule has 92 valence electrons. The highest BCUT2D eigenvalue weighted by atomic mass is 79.9. The molecule has 6 heteroatoms. The molecule has 0 spiro atoms. The van der Waals surface area contributed by atoms with Crippen molar-refractivity contribution in [3.63, 3.8) is 0 Å². The minimum atomic E-state index is -0.393. The molecule has 0 unspecified atom stereocenters. The Bertz CT molecular complexity index is 655. The van der Waals surface area contributed by atoms with Crippen molar-refractivity contribution in [3.05, 3.63) is 61.9 Å². The summed E-state index contributed by atoms with van der Waals surface area (Å²) < 4.78 is 0.668. The third-order valence-corrected chi connectivity index (χ3v) is 3.08. The fraction of sp³-hybridized carbons (Fsp3) is 0. The van der Waals surface area contributed by atoms with Crippen LogP contribution in [-0.4, -0.2) is 10.9 Å². The van der Waals surface area contributed by atoms with Crippen molar-refractivity contribution in [1.82, 2.24) is 4.98 Å². The summed E-state index contributed by atoms with van der Waals surface area (Å²) in [6, 6.07) is 9.39. The third kappa shape index (κ3) is 3.00. The Morgan fingerprint density at radius 1 is 1.28 bits per heavy atom. The Hall–Kier alpha value is -1.59. The zero-order valence-corrected chi connectivity index (χ0v) is 11.4. The lowest BCUT2D eigenvalue weighted by Crippen LogP contribution is -2.18. The number of amides is 1. The fourth-order valence-electron chi connectivity index (χ4n) is 1.36. The maximum absolute atomic E-state index is 11.9. The van der Waals surface area contributed by atoms with Gasteiger partial charge in [-0.1, -0.05) is 17.7 Å². The summed E-state index contributed by atoms with van der Waals surface area (Å²) in [6.07, 6.45) is 0. The highest BCUT2D eigenvalue weighted by Crippen LogP contribution is 2.26. The number of anilines is 1. The SMILES string of the molecule is O=C(Nc1ccc(Cl)cc1Br)c1cccc(=O)[nH]1. The molecule has 1 amide bonds. The number of carbonyl (C=O) groups is 1. The topological polar surface area (TPSA) is 62.0 Å². The lowest BCUT2D eigenvalue weighted by Gasteiger charge is -2.07. The fourth-order valence-corrected chi connectivity index (χ4v) is 2.14. The lowest BCUT2D eigenvalue weighted by atomic mass is 10.3. The Labute approximate surface area is 116 Å². The molecule has 2 rings (SSSR count). The van der Waals surface area contributed by atoms with E-state index in [1.807, 2.05) is 0 Å². The van der Waals surface area contributed by atoms with E-state index in [4.69, 9.17) is 11.6 Å². The number of hydrogen-bond donors (Lipinski definition) is 2. The van der Waals surface area contributed by atoms with Crippen LogP contribution in [0.3, 0.4) is 0 Å². The van der Waals surface area contributed by atoms with Crippen LogP contribution in [0, 0.1) is 0 Å². The number of aromatic amines is 1. The maximum atomic E-state index is 11.9. The monoisotopic (exact) mass is 326 g/mol. The van der Waals surface area contributed by atoms with E-state index in [2.05, 4.69) is 26.2 Å². The minimum Gasteiger partial charge on any atom is -0.320 e. The summed E-state index contributed by atoms with van der Waals surface area (Å²) in [6.45, 7) is 0. The Balaban J connectivity index is 2.24. The van der Waals surface area contributed by atoms with Gasteiger partial charge in [0.15, 0.2) is 0 Å². The number of pyridine rings is 1. The van der Waals surface area contributed by atoms with Crippen LogP contribution in [0.2, 0.25) is 5.02 Å². The summed E-state index contributed by atoms with van der Waals surface area (Å²) in [5, 5.41) is 3.23. The molecule has 0 aliphatic rings. The number of halogens is 2. The average molecular weight is 328 g/mol. The molecule has 0 saturated heterocycles. The van der Waals surface area contributed by atoms with Gasteiger partial charge in [-0.2, -0.15) is 0 Å². The van der Waals surface area contributed by atoms with E-state index in [1.54, 1.807) is 18.2 Å². The van der Waals surface area contributed by atoms with E-state index in [9.17, 15) is 9.59 Å². The first-order chi connectivity index (χ1) is 8.56. The van der Waals surface area contributed by atoms with E-state index in [1.165, 1.54) is 18.2 Å². The van der Waals surface area contributed by atoms with Crippen LogP contribution in [0.1, 0.15) is 10.5 Å². The number of nitrogens with one attached hydrogen (secondary N) is 2. The minimum absolute atomic E-state index is 0.198. The molecule has 2 aromatic rings. The standard InChI is InChI=1S/C12H8BrClN2O2/c13-8-6-7(14)4-5-9(8)16-12(18)10-2-1-3-11(17)15-10/h1-6H,(H,15,17)(H,16,18). The van der Waals surface area contributed by atoms with Crippen molar-refractivity contribution < 1.29 is 4.79 Å². The van der Waals surface area contributed by atoms with Gasteiger partial charge in [0.2, 0.25) is 5.56 Å². The molecule has 0 saturated carbocycles. The summed E-state index contributed by atoms with van der Waals surface area (Å²) in [5.74, 6) is -0.393. The van der Waals surface area contributed by atoms with Crippen LogP contribution in [0.15, 0.2) is 45.7 Å². The van der Waals surface area contributed by atoms with Crippen molar-refractivity contribution in [2.24, 2.45) is 0 Å². The molecule has 2 N–H and O–H groups in total. The highest BCUT2D eigenvalue weighted by molar-refractivity contribution is 9.10. The van der Waals surface area contributed by atoms with Gasteiger partial charge in [0.25, 0.3) is 5.91 Å². The Morgan fingerprint density at radius 3 is 2.72 bits per heavy atom. The van der Waals surface area contributed by atoms with Crippen molar-refractivity contribution in [2.75, 3.05) is 5.32 Å².